The van der Waals surface area contributed by atoms with Crippen LogP contribution >= 0.6 is 0 Å². The number of phenols is 1. The van der Waals surface area contributed by atoms with E-state index >= 15 is 0 Å². The minimum absolute atomic E-state index is 0.0468. The number of esters is 1. The predicted molar refractivity (Wildman–Crippen MR) is 61.4 cm³/mol. The molecule has 0 amide bonds. The molecular weight excluding hydrogens is 206 g/mol. The average Bonchev–Trinajstić information content (AvgIpc) is 2.33. The van der Waals surface area contributed by atoms with Gasteiger partial charge in [-0.3, -0.25) is 0 Å². The average molecular weight is 217 g/mol. The summed E-state index contributed by atoms with van der Waals surface area (Å²) < 4.78 is 4.59. The van der Waals surface area contributed by atoms with Crippen LogP contribution in [0.5, 0.6) is 5.75 Å². The van der Waals surface area contributed by atoms with Gasteiger partial charge in [0.2, 0.25) is 0 Å². The Balaban J connectivity index is 2.78. The number of anilines is 1. The molecule has 0 saturated heterocycles. The molecule has 0 radical (unpaired) electrons. The van der Waals surface area contributed by atoms with Crippen LogP contribution in [-0.4, -0.2) is 18.2 Å². The lowest BCUT2D eigenvalue weighted by atomic mass is 10.0. The highest BCUT2D eigenvalue weighted by atomic mass is 16.5. The predicted octanol–water partition coefficient (Wildman–Crippen LogP) is 1.91. The van der Waals surface area contributed by atoms with E-state index in [2.05, 4.69) is 4.74 Å². The third-order valence-corrected chi connectivity index (χ3v) is 2.47. The van der Waals surface area contributed by atoms with Crippen LogP contribution in [0.4, 0.5) is 5.69 Å². The van der Waals surface area contributed by atoms with Crippen LogP contribution in [0, 0.1) is 0 Å². The SMILES string of the molecule is COC(=O)c1cc2ccccc2c(O)c1N. The van der Waals surface area contributed by atoms with E-state index in [1.165, 1.54) is 7.11 Å². The van der Waals surface area contributed by atoms with Gasteiger partial charge in [0.05, 0.1) is 18.4 Å². The zero-order chi connectivity index (χ0) is 11.7. The molecule has 0 spiro atoms. The van der Waals surface area contributed by atoms with Crippen LogP contribution < -0.4 is 5.73 Å². The number of benzene rings is 2. The Hall–Kier alpha value is -2.23. The van der Waals surface area contributed by atoms with Crippen LogP contribution in [0.3, 0.4) is 0 Å². The van der Waals surface area contributed by atoms with Gasteiger partial charge in [0.25, 0.3) is 0 Å². The first kappa shape index (κ1) is 10.3. The minimum atomic E-state index is -0.557. The molecule has 0 aromatic heterocycles. The number of carbonyl (C=O) groups excluding carboxylic acids is 1. The molecule has 2 rings (SSSR count). The summed E-state index contributed by atoms with van der Waals surface area (Å²) in [5.41, 5.74) is 5.90. The highest BCUT2D eigenvalue weighted by molar-refractivity contribution is 6.04. The number of rotatable bonds is 1. The zero-order valence-electron chi connectivity index (χ0n) is 8.73. The molecule has 0 aliphatic rings. The van der Waals surface area contributed by atoms with Crippen LogP contribution in [0.1, 0.15) is 10.4 Å². The lowest BCUT2D eigenvalue weighted by molar-refractivity contribution is 0.0602. The first-order valence-corrected chi connectivity index (χ1v) is 4.73. The fourth-order valence-corrected chi connectivity index (χ4v) is 1.62. The number of ether oxygens (including phenoxy) is 1. The number of methoxy groups -OCH3 is 1. The molecule has 0 heterocycles. The summed E-state index contributed by atoms with van der Waals surface area (Å²) in [5.74, 6) is -0.642. The molecule has 0 bridgehead atoms. The topological polar surface area (TPSA) is 72.5 Å². The zero-order valence-corrected chi connectivity index (χ0v) is 8.73. The van der Waals surface area contributed by atoms with E-state index in [9.17, 15) is 9.90 Å². The van der Waals surface area contributed by atoms with Crippen molar-refractivity contribution < 1.29 is 14.6 Å². The van der Waals surface area contributed by atoms with E-state index in [4.69, 9.17) is 5.73 Å². The van der Waals surface area contributed by atoms with Gasteiger partial charge in [-0.15, -0.1) is 0 Å². The van der Waals surface area contributed by atoms with Gasteiger partial charge in [-0.1, -0.05) is 24.3 Å². The summed E-state index contributed by atoms with van der Waals surface area (Å²) >= 11 is 0. The lowest BCUT2D eigenvalue weighted by Gasteiger charge is -2.08. The summed E-state index contributed by atoms with van der Waals surface area (Å²) in [5, 5.41) is 11.2. The molecule has 2 aromatic carbocycles. The van der Waals surface area contributed by atoms with Crippen molar-refractivity contribution in [3.05, 3.63) is 35.9 Å². The van der Waals surface area contributed by atoms with Crippen LogP contribution in [0.15, 0.2) is 30.3 Å². The third-order valence-electron chi connectivity index (χ3n) is 2.47. The van der Waals surface area contributed by atoms with E-state index in [0.717, 1.165) is 5.39 Å². The van der Waals surface area contributed by atoms with Gasteiger partial charge in [-0.25, -0.2) is 4.79 Å². The number of hydrogen-bond donors (Lipinski definition) is 2. The maximum atomic E-state index is 11.4. The van der Waals surface area contributed by atoms with Crippen LogP contribution in [0.2, 0.25) is 0 Å². The van der Waals surface area contributed by atoms with Crippen molar-refractivity contribution in [3.63, 3.8) is 0 Å². The fraction of sp³-hybridized carbons (Fsp3) is 0.0833. The second kappa shape index (κ2) is 3.73. The van der Waals surface area contributed by atoms with Gasteiger partial charge in [0.1, 0.15) is 5.75 Å². The molecule has 0 fully saturated rings. The molecule has 4 nitrogen and oxygen atoms in total. The number of nitrogens with two attached hydrogens (primary N) is 1. The maximum Gasteiger partial charge on any atom is 0.340 e. The first-order valence-electron chi connectivity index (χ1n) is 4.73. The number of phenolic OH excluding ortho intramolecular Hbond substituents is 1. The molecule has 0 aliphatic heterocycles. The number of aromatic hydroxyl groups is 1. The molecule has 4 heteroatoms. The molecule has 3 N–H and O–H groups in total. The third kappa shape index (κ3) is 1.44. The van der Waals surface area contributed by atoms with Crippen molar-refractivity contribution in [2.75, 3.05) is 12.8 Å². The normalized spacial score (nSPS) is 10.3. The van der Waals surface area contributed by atoms with E-state index in [-0.39, 0.29) is 17.0 Å². The number of fused-ring (bicyclic) bond motifs is 1. The summed E-state index contributed by atoms with van der Waals surface area (Å²) in [6.07, 6.45) is 0. The van der Waals surface area contributed by atoms with E-state index < -0.39 is 5.97 Å². The Kier molecular flexibility index (Phi) is 2.40. The van der Waals surface area contributed by atoms with Gasteiger partial charge in [0.15, 0.2) is 0 Å². The van der Waals surface area contributed by atoms with Gasteiger partial charge in [0, 0.05) is 5.39 Å². The van der Waals surface area contributed by atoms with Gasteiger partial charge in [-0.05, 0) is 11.5 Å². The highest BCUT2D eigenvalue weighted by Gasteiger charge is 2.15. The van der Waals surface area contributed by atoms with Gasteiger partial charge in [-0.2, -0.15) is 0 Å². The van der Waals surface area contributed by atoms with E-state index in [1.807, 2.05) is 6.07 Å². The fourth-order valence-electron chi connectivity index (χ4n) is 1.62. The second-order valence-electron chi connectivity index (χ2n) is 3.40. The Morgan fingerprint density at radius 2 is 2.06 bits per heavy atom. The second-order valence-corrected chi connectivity index (χ2v) is 3.40. The van der Waals surface area contributed by atoms with Crippen molar-refractivity contribution in [3.8, 4) is 5.75 Å². The summed E-state index contributed by atoms with van der Waals surface area (Å²) in [6.45, 7) is 0. The summed E-state index contributed by atoms with van der Waals surface area (Å²) in [6, 6.07) is 8.75. The number of carbonyl (C=O) groups is 1. The Morgan fingerprint density at radius 3 is 2.75 bits per heavy atom. The summed E-state index contributed by atoms with van der Waals surface area (Å²) in [4.78, 5) is 11.4. The van der Waals surface area contributed by atoms with Gasteiger partial charge >= 0.3 is 5.97 Å². The van der Waals surface area contributed by atoms with Crippen molar-refractivity contribution >= 4 is 22.4 Å². The molecule has 0 saturated carbocycles. The van der Waals surface area contributed by atoms with Crippen molar-refractivity contribution in [2.45, 2.75) is 0 Å². The van der Waals surface area contributed by atoms with Crippen molar-refractivity contribution in [1.82, 2.24) is 0 Å². The molecule has 2 aromatic rings. The Bertz CT molecular complexity index is 563. The highest BCUT2D eigenvalue weighted by Crippen LogP contribution is 2.33. The summed E-state index contributed by atoms with van der Waals surface area (Å²) in [7, 11) is 1.27. The van der Waals surface area contributed by atoms with E-state index in [0.29, 0.717) is 5.39 Å². The molecule has 16 heavy (non-hydrogen) atoms. The molecule has 82 valence electrons. The Morgan fingerprint density at radius 1 is 1.38 bits per heavy atom. The van der Waals surface area contributed by atoms with Gasteiger partial charge < -0.3 is 15.6 Å². The first-order chi connectivity index (χ1) is 7.65. The largest absolute Gasteiger partial charge is 0.505 e. The van der Waals surface area contributed by atoms with Crippen molar-refractivity contribution in [1.29, 1.82) is 0 Å². The molecular formula is C12H11NO3. The maximum absolute atomic E-state index is 11.4. The van der Waals surface area contributed by atoms with E-state index in [1.54, 1.807) is 24.3 Å². The smallest absolute Gasteiger partial charge is 0.340 e. The minimum Gasteiger partial charge on any atom is -0.505 e. The van der Waals surface area contributed by atoms with Crippen LogP contribution in [0.25, 0.3) is 10.8 Å². The van der Waals surface area contributed by atoms with Crippen molar-refractivity contribution in [2.24, 2.45) is 0 Å². The Labute approximate surface area is 92.3 Å². The standard InChI is InChI=1S/C12H11NO3/c1-16-12(15)9-6-7-4-2-3-5-8(7)11(14)10(9)13/h2-6,14H,13H2,1H3. The number of nitrogen functional groups attached to an aromatic ring is 1. The monoisotopic (exact) mass is 217 g/mol. The lowest BCUT2D eigenvalue weighted by Crippen LogP contribution is -2.05. The number of hydrogen-bond acceptors (Lipinski definition) is 4. The van der Waals surface area contributed by atoms with Crippen LogP contribution in [-0.2, 0) is 4.74 Å². The molecule has 0 aliphatic carbocycles. The molecule has 0 atom stereocenters. The molecule has 0 unspecified atom stereocenters. The quantitative estimate of drug-likeness (QED) is 0.435.